The zero-order valence-electron chi connectivity index (χ0n) is 17.2. The highest BCUT2D eigenvalue weighted by Gasteiger charge is 2.16. The molecule has 4 rings (SSSR count). The van der Waals surface area contributed by atoms with Gasteiger partial charge in [0, 0.05) is 23.1 Å². The number of benzene rings is 2. The van der Waals surface area contributed by atoms with Crippen molar-refractivity contribution in [1.29, 1.82) is 0 Å². The summed E-state index contributed by atoms with van der Waals surface area (Å²) >= 11 is 12.0. The summed E-state index contributed by atoms with van der Waals surface area (Å²) in [6.45, 7) is 1.81. The summed E-state index contributed by atoms with van der Waals surface area (Å²) in [4.78, 5) is 15.6. The SMILES string of the molecule is Clc1cccc(/C=N/Nc2nc(N/N=C/c3cccc(Cl)c3)nc(N3CCCCC3)n2)c1. The minimum atomic E-state index is 0.319. The lowest BCUT2D eigenvalue weighted by molar-refractivity contribution is 0.568. The quantitative estimate of drug-likeness (QED) is 0.371. The Morgan fingerprint density at radius 3 is 1.78 bits per heavy atom. The molecule has 0 atom stereocenters. The van der Waals surface area contributed by atoms with Gasteiger partial charge in [-0.1, -0.05) is 47.5 Å². The molecular weight excluding hydrogens is 447 g/mol. The number of piperidine rings is 1. The van der Waals surface area contributed by atoms with Gasteiger partial charge in [0.2, 0.25) is 17.8 Å². The van der Waals surface area contributed by atoms with Gasteiger partial charge in [0.1, 0.15) is 0 Å². The summed E-state index contributed by atoms with van der Waals surface area (Å²) in [5, 5.41) is 9.75. The van der Waals surface area contributed by atoms with Crippen molar-refractivity contribution in [3.8, 4) is 0 Å². The Morgan fingerprint density at radius 1 is 0.750 bits per heavy atom. The Morgan fingerprint density at radius 2 is 1.28 bits per heavy atom. The van der Waals surface area contributed by atoms with Crippen LogP contribution in [0.1, 0.15) is 30.4 Å². The minimum absolute atomic E-state index is 0.319. The average molecular weight is 469 g/mol. The van der Waals surface area contributed by atoms with Crippen LogP contribution < -0.4 is 15.8 Å². The van der Waals surface area contributed by atoms with Crippen LogP contribution in [-0.2, 0) is 0 Å². The summed E-state index contributed by atoms with van der Waals surface area (Å²) in [6.07, 6.45) is 6.74. The van der Waals surface area contributed by atoms with Crippen LogP contribution in [0.3, 0.4) is 0 Å². The van der Waals surface area contributed by atoms with Crippen molar-refractivity contribution in [3.63, 3.8) is 0 Å². The molecule has 10 heteroatoms. The monoisotopic (exact) mass is 468 g/mol. The van der Waals surface area contributed by atoms with Crippen LogP contribution in [0.25, 0.3) is 0 Å². The Labute approximate surface area is 196 Å². The fourth-order valence-corrected chi connectivity index (χ4v) is 3.60. The molecule has 2 heterocycles. The van der Waals surface area contributed by atoms with Crippen LogP contribution >= 0.6 is 23.2 Å². The first kappa shape index (κ1) is 22.0. The molecule has 2 aromatic carbocycles. The topological polar surface area (TPSA) is 90.7 Å². The third kappa shape index (κ3) is 6.38. The van der Waals surface area contributed by atoms with E-state index in [1.807, 2.05) is 48.5 Å². The predicted octanol–water partition coefficient (Wildman–Crippen LogP) is 5.06. The van der Waals surface area contributed by atoms with E-state index >= 15 is 0 Å². The Hall–Kier alpha value is -3.23. The summed E-state index contributed by atoms with van der Waals surface area (Å²) < 4.78 is 0. The van der Waals surface area contributed by atoms with E-state index in [4.69, 9.17) is 23.2 Å². The Kier molecular flexibility index (Phi) is 7.47. The summed E-state index contributed by atoms with van der Waals surface area (Å²) in [6, 6.07) is 14.8. The van der Waals surface area contributed by atoms with E-state index < -0.39 is 0 Å². The zero-order valence-corrected chi connectivity index (χ0v) is 18.8. The van der Waals surface area contributed by atoms with Crippen LogP contribution in [0.4, 0.5) is 17.8 Å². The maximum Gasteiger partial charge on any atom is 0.250 e. The number of hydrogen-bond acceptors (Lipinski definition) is 8. The molecule has 0 saturated carbocycles. The first-order valence-corrected chi connectivity index (χ1v) is 11.0. The lowest BCUT2D eigenvalue weighted by Crippen LogP contribution is -2.31. The maximum atomic E-state index is 6.02. The summed E-state index contributed by atoms with van der Waals surface area (Å²) in [7, 11) is 0. The lowest BCUT2D eigenvalue weighted by atomic mass is 10.1. The molecule has 0 radical (unpaired) electrons. The molecule has 1 saturated heterocycles. The fraction of sp³-hybridized carbons (Fsp3) is 0.227. The number of anilines is 3. The fourth-order valence-electron chi connectivity index (χ4n) is 3.20. The number of rotatable bonds is 7. The van der Waals surface area contributed by atoms with E-state index in [0.717, 1.165) is 37.1 Å². The first-order chi connectivity index (χ1) is 15.7. The molecule has 1 aliphatic rings. The van der Waals surface area contributed by atoms with Crippen molar-refractivity contribution < 1.29 is 0 Å². The molecule has 0 bridgehead atoms. The molecule has 0 aliphatic carbocycles. The third-order valence-corrected chi connectivity index (χ3v) is 5.19. The molecular formula is C22H22Cl2N8. The van der Waals surface area contributed by atoms with Crippen molar-refractivity contribution in [2.24, 2.45) is 10.2 Å². The molecule has 0 unspecified atom stereocenters. The lowest BCUT2D eigenvalue weighted by Gasteiger charge is -2.26. The third-order valence-electron chi connectivity index (χ3n) is 4.72. The van der Waals surface area contributed by atoms with Gasteiger partial charge in [-0.3, -0.25) is 0 Å². The van der Waals surface area contributed by atoms with Crippen LogP contribution in [0, 0.1) is 0 Å². The Bertz CT molecular complexity index is 1040. The number of aromatic nitrogens is 3. The van der Waals surface area contributed by atoms with Crippen LogP contribution in [-0.4, -0.2) is 40.5 Å². The van der Waals surface area contributed by atoms with E-state index in [-0.39, 0.29) is 0 Å². The van der Waals surface area contributed by atoms with Gasteiger partial charge < -0.3 is 4.90 Å². The van der Waals surface area contributed by atoms with Gasteiger partial charge in [-0.05, 0) is 54.7 Å². The molecule has 1 fully saturated rings. The molecule has 0 amide bonds. The van der Waals surface area contributed by atoms with Gasteiger partial charge in [0.15, 0.2) is 0 Å². The van der Waals surface area contributed by atoms with Crippen molar-refractivity contribution in [2.75, 3.05) is 28.8 Å². The number of hydrogen-bond donors (Lipinski definition) is 2. The second kappa shape index (κ2) is 10.9. The molecule has 3 aromatic rings. The van der Waals surface area contributed by atoms with Crippen LogP contribution in [0.5, 0.6) is 0 Å². The highest BCUT2D eigenvalue weighted by molar-refractivity contribution is 6.31. The molecule has 8 nitrogen and oxygen atoms in total. The zero-order chi connectivity index (χ0) is 22.2. The van der Waals surface area contributed by atoms with E-state index in [2.05, 4.69) is 40.9 Å². The van der Waals surface area contributed by atoms with E-state index in [0.29, 0.717) is 27.9 Å². The normalized spacial score (nSPS) is 14.2. The molecule has 1 aromatic heterocycles. The smallest absolute Gasteiger partial charge is 0.250 e. The predicted molar refractivity (Wildman–Crippen MR) is 131 cm³/mol. The summed E-state index contributed by atoms with van der Waals surface area (Å²) in [5.74, 6) is 1.22. The average Bonchev–Trinajstić information content (AvgIpc) is 2.80. The van der Waals surface area contributed by atoms with Crippen molar-refractivity contribution >= 4 is 53.5 Å². The molecule has 32 heavy (non-hydrogen) atoms. The highest BCUT2D eigenvalue weighted by Crippen LogP contribution is 2.19. The number of nitrogens with zero attached hydrogens (tertiary/aromatic N) is 6. The minimum Gasteiger partial charge on any atom is -0.341 e. The maximum absolute atomic E-state index is 6.02. The van der Waals surface area contributed by atoms with Crippen LogP contribution in [0.15, 0.2) is 58.7 Å². The first-order valence-electron chi connectivity index (χ1n) is 10.3. The number of nitrogens with one attached hydrogen (secondary N) is 2. The largest absolute Gasteiger partial charge is 0.341 e. The van der Waals surface area contributed by atoms with Gasteiger partial charge in [0.25, 0.3) is 0 Å². The van der Waals surface area contributed by atoms with Gasteiger partial charge >= 0.3 is 0 Å². The molecule has 1 aliphatic heterocycles. The van der Waals surface area contributed by atoms with Crippen molar-refractivity contribution in [1.82, 2.24) is 15.0 Å². The van der Waals surface area contributed by atoms with Crippen LogP contribution in [0.2, 0.25) is 10.0 Å². The van der Waals surface area contributed by atoms with Gasteiger partial charge in [-0.25, -0.2) is 10.9 Å². The van der Waals surface area contributed by atoms with Crippen molar-refractivity contribution in [3.05, 3.63) is 69.7 Å². The standard InChI is InChI=1S/C22H22Cl2N8/c23-18-8-4-6-16(12-18)14-25-30-20-27-21(29-22(28-20)32-10-2-1-3-11-32)31-26-15-17-7-5-9-19(24)13-17/h4-9,12-15H,1-3,10-11H2,(H2,27,28,29,30,31)/b25-14+,26-15+. The van der Waals surface area contributed by atoms with E-state index in [1.54, 1.807) is 12.4 Å². The highest BCUT2D eigenvalue weighted by atomic mass is 35.5. The molecule has 0 spiro atoms. The number of hydrazone groups is 2. The van der Waals surface area contributed by atoms with Gasteiger partial charge in [0.05, 0.1) is 12.4 Å². The Balaban J connectivity index is 1.52. The molecule has 164 valence electrons. The second-order valence-electron chi connectivity index (χ2n) is 7.18. The van der Waals surface area contributed by atoms with E-state index in [9.17, 15) is 0 Å². The van der Waals surface area contributed by atoms with Gasteiger partial charge in [-0.15, -0.1) is 0 Å². The van der Waals surface area contributed by atoms with E-state index in [1.165, 1.54) is 6.42 Å². The molecule has 2 N–H and O–H groups in total. The number of halogens is 2. The summed E-state index contributed by atoms with van der Waals surface area (Å²) in [5.41, 5.74) is 7.47. The van der Waals surface area contributed by atoms with Crippen molar-refractivity contribution in [2.45, 2.75) is 19.3 Å². The second-order valence-corrected chi connectivity index (χ2v) is 8.05. The van der Waals surface area contributed by atoms with Gasteiger partial charge in [-0.2, -0.15) is 25.2 Å².